The van der Waals surface area contributed by atoms with E-state index in [0.717, 1.165) is 29.8 Å². The predicted molar refractivity (Wildman–Crippen MR) is 84.8 cm³/mol. The summed E-state index contributed by atoms with van der Waals surface area (Å²) in [4.78, 5) is 2.40. The van der Waals surface area contributed by atoms with Crippen molar-refractivity contribution >= 4 is 21.6 Å². The smallest absolute Gasteiger partial charge is 0.0461 e. The van der Waals surface area contributed by atoms with Crippen molar-refractivity contribution in [3.05, 3.63) is 64.1 Å². The number of hydrogen-bond donors (Lipinski definition) is 1. The molecule has 0 saturated heterocycles. The Bertz CT molecular complexity index is 526. The van der Waals surface area contributed by atoms with Crippen LogP contribution in [0.25, 0.3) is 0 Å². The minimum absolute atomic E-state index is 0.799. The van der Waals surface area contributed by atoms with Crippen LogP contribution in [0.2, 0.25) is 0 Å². The van der Waals surface area contributed by atoms with Gasteiger partial charge in [0.25, 0.3) is 0 Å². The molecule has 2 aromatic carbocycles. The Kier molecular flexibility index (Phi) is 5.00. The third kappa shape index (κ3) is 4.08. The van der Waals surface area contributed by atoms with Crippen LogP contribution in [0.15, 0.2) is 53.0 Å². The summed E-state index contributed by atoms with van der Waals surface area (Å²) in [7, 11) is 0. The van der Waals surface area contributed by atoms with Gasteiger partial charge in [-0.3, -0.25) is 4.90 Å². The number of nitrogens with two attached hydrogens (primary N) is 1. The van der Waals surface area contributed by atoms with Gasteiger partial charge >= 0.3 is 0 Å². The second-order valence-electron chi connectivity index (χ2n) is 4.64. The van der Waals surface area contributed by atoms with Gasteiger partial charge in [0.2, 0.25) is 0 Å². The molecule has 0 spiro atoms. The molecule has 19 heavy (non-hydrogen) atoms. The van der Waals surface area contributed by atoms with Crippen molar-refractivity contribution in [2.75, 3.05) is 12.3 Å². The van der Waals surface area contributed by atoms with E-state index >= 15 is 0 Å². The van der Waals surface area contributed by atoms with E-state index < -0.39 is 0 Å². The molecule has 0 bridgehead atoms. The summed E-state index contributed by atoms with van der Waals surface area (Å²) >= 11 is 3.43. The largest absolute Gasteiger partial charge is 0.398 e. The summed E-state index contributed by atoms with van der Waals surface area (Å²) in [5.74, 6) is 0. The minimum atomic E-state index is 0.799. The molecule has 2 N–H and O–H groups in total. The topological polar surface area (TPSA) is 29.3 Å². The van der Waals surface area contributed by atoms with Crippen LogP contribution in [0.1, 0.15) is 18.1 Å². The lowest BCUT2D eigenvalue weighted by Crippen LogP contribution is -2.22. The number of anilines is 1. The fraction of sp³-hybridized carbons (Fsp3) is 0.250. The van der Waals surface area contributed by atoms with Gasteiger partial charge < -0.3 is 5.73 Å². The van der Waals surface area contributed by atoms with E-state index in [2.05, 4.69) is 64.2 Å². The van der Waals surface area contributed by atoms with Crippen molar-refractivity contribution in [1.82, 2.24) is 4.90 Å². The average Bonchev–Trinajstić information content (AvgIpc) is 2.43. The normalized spacial score (nSPS) is 10.9. The summed E-state index contributed by atoms with van der Waals surface area (Å²) in [6, 6.07) is 16.7. The number of hydrogen-bond acceptors (Lipinski definition) is 2. The Balaban J connectivity index is 2.04. The molecule has 0 heterocycles. The van der Waals surface area contributed by atoms with E-state index in [1.54, 1.807) is 0 Å². The van der Waals surface area contributed by atoms with Crippen LogP contribution in [0.4, 0.5) is 5.69 Å². The molecule has 0 radical (unpaired) electrons. The zero-order chi connectivity index (χ0) is 13.7. The Morgan fingerprint density at radius 3 is 2.32 bits per heavy atom. The first-order valence-electron chi connectivity index (χ1n) is 6.49. The Morgan fingerprint density at radius 1 is 1.00 bits per heavy atom. The number of nitrogen functional groups attached to an aromatic ring is 1. The first kappa shape index (κ1) is 14.1. The van der Waals surface area contributed by atoms with Gasteiger partial charge in [0.1, 0.15) is 0 Å². The maximum absolute atomic E-state index is 5.92. The van der Waals surface area contributed by atoms with Gasteiger partial charge in [-0.15, -0.1) is 0 Å². The highest BCUT2D eigenvalue weighted by molar-refractivity contribution is 9.10. The zero-order valence-corrected chi connectivity index (χ0v) is 12.7. The third-order valence-electron chi connectivity index (χ3n) is 3.16. The molecule has 0 aliphatic rings. The average molecular weight is 319 g/mol. The monoisotopic (exact) mass is 318 g/mol. The highest BCUT2D eigenvalue weighted by atomic mass is 79.9. The maximum Gasteiger partial charge on any atom is 0.0461 e. The molecule has 0 atom stereocenters. The molecule has 2 aromatic rings. The van der Waals surface area contributed by atoms with Gasteiger partial charge in [-0.25, -0.2) is 0 Å². The predicted octanol–water partition coefficient (Wildman–Crippen LogP) is 4.05. The quantitative estimate of drug-likeness (QED) is 0.842. The molecule has 0 amide bonds. The summed E-state index contributed by atoms with van der Waals surface area (Å²) in [5.41, 5.74) is 9.31. The molecule has 100 valence electrons. The lowest BCUT2D eigenvalue weighted by Gasteiger charge is -2.21. The second kappa shape index (κ2) is 6.73. The number of rotatable bonds is 5. The Labute approximate surface area is 123 Å². The Hall–Kier alpha value is -1.32. The fourth-order valence-electron chi connectivity index (χ4n) is 2.07. The Morgan fingerprint density at radius 2 is 1.68 bits per heavy atom. The first-order chi connectivity index (χ1) is 9.19. The maximum atomic E-state index is 5.92. The van der Waals surface area contributed by atoms with E-state index in [-0.39, 0.29) is 0 Å². The number of benzene rings is 2. The van der Waals surface area contributed by atoms with Crippen molar-refractivity contribution in [3.8, 4) is 0 Å². The summed E-state index contributed by atoms with van der Waals surface area (Å²) in [5, 5.41) is 0. The molecule has 0 unspecified atom stereocenters. The highest BCUT2D eigenvalue weighted by Gasteiger charge is 2.06. The van der Waals surface area contributed by atoms with Crippen LogP contribution in [0.5, 0.6) is 0 Å². The lowest BCUT2D eigenvalue weighted by atomic mass is 10.1. The van der Waals surface area contributed by atoms with Crippen molar-refractivity contribution in [3.63, 3.8) is 0 Å². The molecular weight excluding hydrogens is 300 g/mol. The standard InChI is InChI=1S/C16H19BrN2/c1-2-19(11-13-6-4-3-5-7-13)12-14-8-9-15(17)16(18)10-14/h3-10H,2,11-12,18H2,1H3. The SMILES string of the molecule is CCN(Cc1ccccc1)Cc1ccc(Br)c(N)c1. The van der Waals surface area contributed by atoms with Crippen molar-refractivity contribution in [2.45, 2.75) is 20.0 Å². The van der Waals surface area contributed by atoms with E-state index in [1.807, 2.05) is 12.1 Å². The van der Waals surface area contributed by atoms with Crippen LogP contribution >= 0.6 is 15.9 Å². The summed E-state index contributed by atoms with van der Waals surface area (Å²) < 4.78 is 0.961. The van der Waals surface area contributed by atoms with Crippen LogP contribution in [0, 0.1) is 0 Å². The molecule has 0 saturated carbocycles. The van der Waals surface area contributed by atoms with Gasteiger partial charge in [-0.05, 0) is 45.7 Å². The third-order valence-corrected chi connectivity index (χ3v) is 3.88. The fourth-order valence-corrected chi connectivity index (χ4v) is 2.32. The molecule has 0 aliphatic carbocycles. The summed E-state index contributed by atoms with van der Waals surface area (Å²) in [6.07, 6.45) is 0. The van der Waals surface area contributed by atoms with Gasteiger partial charge in [-0.2, -0.15) is 0 Å². The molecule has 2 nitrogen and oxygen atoms in total. The van der Waals surface area contributed by atoms with Crippen molar-refractivity contribution in [1.29, 1.82) is 0 Å². The molecular formula is C16H19BrN2. The first-order valence-corrected chi connectivity index (χ1v) is 7.28. The minimum Gasteiger partial charge on any atom is -0.398 e. The van der Waals surface area contributed by atoms with Crippen LogP contribution in [-0.2, 0) is 13.1 Å². The van der Waals surface area contributed by atoms with E-state index in [0.29, 0.717) is 0 Å². The molecule has 3 heteroatoms. The summed E-state index contributed by atoms with van der Waals surface area (Å²) in [6.45, 7) is 5.09. The van der Waals surface area contributed by atoms with Crippen LogP contribution in [-0.4, -0.2) is 11.4 Å². The van der Waals surface area contributed by atoms with Gasteiger partial charge in [0, 0.05) is 23.2 Å². The van der Waals surface area contributed by atoms with Crippen LogP contribution < -0.4 is 5.73 Å². The van der Waals surface area contributed by atoms with E-state index in [9.17, 15) is 0 Å². The van der Waals surface area contributed by atoms with Crippen LogP contribution in [0.3, 0.4) is 0 Å². The van der Waals surface area contributed by atoms with E-state index in [1.165, 1.54) is 11.1 Å². The number of halogens is 1. The van der Waals surface area contributed by atoms with Gasteiger partial charge in [0.05, 0.1) is 0 Å². The number of nitrogens with zero attached hydrogens (tertiary/aromatic N) is 1. The lowest BCUT2D eigenvalue weighted by molar-refractivity contribution is 0.271. The zero-order valence-electron chi connectivity index (χ0n) is 11.1. The van der Waals surface area contributed by atoms with Gasteiger partial charge in [0.15, 0.2) is 0 Å². The second-order valence-corrected chi connectivity index (χ2v) is 5.50. The van der Waals surface area contributed by atoms with Crippen molar-refractivity contribution in [2.24, 2.45) is 0 Å². The van der Waals surface area contributed by atoms with Crippen molar-refractivity contribution < 1.29 is 0 Å². The van der Waals surface area contributed by atoms with Gasteiger partial charge in [-0.1, -0.05) is 43.3 Å². The highest BCUT2D eigenvalue weighted by Crippen LogP contribution is 2.21. The molecule has 0 fully saturated rings. The molecule has 0 aliphatic heterocycles. The molecule has 0 aromatic heterocycles. The van der Waals surface area contributed by atoms with E-state index in [4.69, 9.17) is 5.73 Å². The molecule has 2 rings (SSSR count).